The van der Waals surface area contributed by atoms with E-state index in [1.54, 1.807) is 32.1 Å². The lowest BCUT2D eigenvalue weighted by Crippen LogP contribution is -2.32. The number of benzene rings is 1. The molecule has 0 saturated carbocycles. The Morgan fingerprint density at radius 2 is 1.68 bits per heavy atom. The number of nitrogens with one attached hydrogen (secondary N) is 1. The second-order valence-electron chi connectivity index (χ2n) is 8.61. The number of hydrogen-bond donors (Lipinski definition) is 2. The summed E-state index contributed by atoms with van der Waals surface area (Å²) < 4.78 is 10.9. The summed E-state index contributed by atoms with van der Waals surface area (Å²) >= 11 is 0. The van der Waals surface area contributed by atoms with Gasteiger partial charge in [-0.05, 0) is 45.3 Å². The third-order valence-electron chi connectivity index (χ3n) is 5.61. The molecule has 2 N–H and O–H groups in total. The second-order valence-corrected chi connectivity index (χ2v) is 8.61. The van der Waals surface area contributed by atoms with Gasteiger partial charge in [0.2, 0.25) is 0 Å². The number of rotatable bonds is 12. The average Bonchev–Trinajstić information content (AvgIpc) is 2.89. The first kappa shape index (κ1) is 32.3. The molecular weight excluding hydrogens is 488 g/mol. The number of carbonyl (C=O) groups is 2. The van der Waals surface area contributed by atoms with Gasteiger partial charge in [-0.15, -0.1) is 0 Å². The smallest absolute Gasteiger partial charge is 0.337 e. The predicted octanol–water partition coefficient (Wildman–Crippen LogP) is 5.63. The van der Waals surface area contributed by atoms with E-state index in [0.29, 0.717) is 30.0 Å². The number of dihydropyridines is 1. The first-order chi connectivity index (χ1) is 18.2. The van der Waals surface area contributed by atoms with E-state index in [0.717, 1.165) is 19.3 Å². The van der Waals surface area contributed by atoms with Gasteiger partial charge in [0.1, 0.15) is 6.61 Å². The van der Waals surface area contributed by atoms with Crippen LogP contribution >= 0.6 is 0 Å². The zero-order valence-corrected chi connectivity index (χ0v) is 23.0. The molecule has 0 aliphatic carbocycles. The van der Waals surface area contributed by atoms with Gasteiger partial charge in [-0.25, -0.2) is 9.59 Å². The Hall–Kier alpha value is -3.72. The van der Waals surface area contributed by atoms with Gasteiger partial charge in [0.05, 0.1) is 28.6 Å². The molecule has 208 valence electrons. The Kier molecular flexibility index (Phi) is 15.0. The molecule has 0 bridgehead atoms. The number of aliphatic hydroxyl groups excluding tert-OH is 1. The Morgan fingerprint density at radius 1 is 1.05 bits per heavy atom. The largest absolute Gasteiger partial charge is 0.462 e. The van der Waals surface area contributed by atoms with Crippen molar-refractivity contribution in [1.82, 2.24) is 5.32 Å². The third kappa shape index (κ3) is 9.97. The lowest BCUT2D eigenvalue weighted by Gasteiger charge is -2.30. The fourth-order valence-corrected chi connectivity index (χ4v) is 3.68. The van der Waals surface area contributed by atoms with Gasteiger partial charge in [0.25, 0.3) is 5.69 Å². The Morgan fingerprint density at radius 3 is 2.21 bits per heavy atom. The Labute approximate surface area is 225 Å². The summed E-state index contributed by atoms with van der Waals surface area (Å²) in [6.07, 6.45) is 10.7. The summed E-state index contributed by atoms with van der Waals surface area (Å²) in [5.41, 5.74) is 1.77. The fourth-order valence-electron chi connectivity index (χ4n) is 3.68. The molecular formula is C29H40N2O7. The van der Waals surface area contributed by atoms with Crippen LogP contribution in [0.1, 0.15) is 71.8 Å². The van der Waals surface area contributed by atoms with E-state index in [2.05, 4.69) is 12.2 Å². The highest BCUT2D eigenvalue weighted by Crippen LogP contribution is 2.40. The zero-order valence-electron chi connectivity index (χ0n) is 23.0. The molecule has 1 unspecified atom stereocenters. The standard InChI is InChI=1S/C25H30N2O6.C4H10O/c1-5-7-9-10-15-33-25(29)22-18(4)26-17(3)21(24(28)32-14-8-6-2)23(22)19-12-11-13-20(16-19)27(30)31;1-2-3-4-5/h5,7,9-13,16,23,26H,6,8,14-15H2,1-4H3;5H,2-4H2,1H3/b7-5+,10-9+;. The molecule has 1 atom stereocenters. The Balaban J connectivity index is 0.00000132. The monoisotopic (exact) mass is 528 g/mol. The molecule has 0 spiro atoms. The molecule has 1 aliphatic heterocycles. The SMILES string of the molecule is C/C=C/C=C/COC(=O)C1=C(C)NC(C)=C(C(=O)OCCCC)C1c1cccc([N+](=O)[O-])c1.CCCCO. The van der Waals surface area contributed by atoms with Crippen LogP contribution in [0.5, 0.6) is 0 Å². The van der Waals surface area contributed by atoms with Crippen molar-refractivity contribution in [3.05, 3.63) is 86.8 Å². The minimum atomic E-state index is -0.868. The molecule has 0 radical (unpaired) electrons. The third-order valence-corrected chi connectivity index (χ3v) is 5.61. The van der Waals surface area contributed by atoms with Crippen LogP contribution in [-0.2, 0) is 19.1 Å². The first-order valence-electron chi connectivity index (χ1n) is 12.9. The van der Waals surface area contributed by atoms with Crippen molar-refractivity contribution in [3.8, 4) is 0 Å². The summed E-state index contributed by atoms with van der Waals surface area (Å²) in [6.45, 7) is 9.96. The van der Waals surface area contributed by atoms with Crippen LogP contribution in [0.2, 0.25) is 0 Å². The number of nitro groups is 1. The molecule has 0 saturated heterocycles. The summed E-state index contributed by atoms with van der Waals surface area (Å²) in [4.78, 5) is 37.0. The van der Waals surface area contributed by atoms with E-state index < -0.39 is 22.8 Å². The van der Waals surface area contributed by atoms with Crippen LogP contribution in [0, 0.1) is 10.1 Å². The molecule has 1 aliphatic rings. The number of aliphatic hydroxyl groups is 1. The van der Waals surface area contributed by atoms with Gasteiger partial charge >= 0.3 is 11.9 Å². The highest BCUT2D eigenvalue weighted by atomic mass is 16.6. The quantitative estimate of drug-likeness (QED) is 0.117. The van der Waals surface area contributed by atoms with Crippen molar-refractivity contribution < 1.29 is 29.1 Å². The lowest BCUT2D eigenvalue weighted by molar-refractivity contribution is -0.384. The van der Waals surface area contributed by atoms with E-state index >= 15 is 0 Å². The maximum Gasteiger partial charge on any atom is 0.337 e. The Bertz CT molecular complexity index is 1070. The van der Waals surface area contributed by atoms with Crippen LogP contribution in [0.15, 0.2) is 71.1 Å². The molecule has 0 amide bonds. The number of nitro benzene ring substituents is 1. The van der Waals surface area contributed by atoms with Crippen molar-refractivity contribution in [3.63, 3.8) is 0 Å². The number of nitrogens with zero attached hydrogens (tertiary/aromatic N) is 1. The molecule has 9 heteroatoms. The van der Waals surface area contributed by atoms with Crippen LogP contribution in [0.3, 0.4) is 0 Å². The van der Waals surface area contributed by atoms with Gasteiger partial charge in [-0.1, -0.05) is 57.0 Å². The molecule has 0 fully saturated rings. The normalized spacial score (nSPS) is 15.3. The molecule has 1 aromatic rings. The van der Waals surface area contributed by atoms with Crippen LogP contribution in [-0.4, -0.2) is 41.8 Å². The van der Waals surface area contributed by atoms with Gasteiger partial charge in [0, 0.05) is 30.1 Å². The molecule has 0 aromatic heterocycles. The number of esters is 2. The minimum Gasteiger partial charge on any atom is -0.462 e. The van der Waals surface area contributed by atoms with Gasteiger partial charge in [-0.3, -0.25) is 10.1 Å². The summed E-state index contributed by atoms with van der Waals surface area (Å²) in [5.74, 6) is -2.06. The molecule has 9 nitrogen and oxygen atoms in total. The number of ether oxygens (including phenoxy) is 2. The van der Waals surface area contributed by atoms with E-state index in [1.807, 2.05) is 26.0 Å². The molecule has 2 rings (SSSR count). The van der Waals surface area contributed by atoms with E-state index in [1.165, 1.54) is 18.2 Å². The highest BCUT2D eigenvalue weighted by Gasteiger charge is 2.38. The summed E-state index contributed by atoms with van der Waals surface area (Å²) in [6, 6.07) is 5.92. The van der Waals surface area contributed by atoms with Crippen LogP contribution in [0.25, 0.3) is 0 Å². The van der Waals surface area contributed by atoms with Crippen molar-refractivity contribution in [2.45, 2.75) is 66.2 Å². The predicted molar refractivity (Wildman–Crippen MR) is 147 cm³/mol. The topological polar surface area (TPSA) is 128 Å². The summed E-state index contributed by atoms with van der Waals surface area (Å²) in [5, 5.41) is 22.5. The maximum atomic E-state index is 13.1. The molecule has 1 heterocycles. The lowest BCUT2D eigenvalue weighted by atomic mass is 9.80. The maximum absolute atomic E-state index is 13.1. The minimum absolute atomic E-state index is 0.0422. The van der Waals surface area contributed by atoms with Crippen molar-refractivity contribution in [1.29, 1.82) is 0 Å². The number of carbonyl (C=O) groups excluding carboxylic acids is 2. The van der Waals surface area contributed by atoms with Crippen LogP contribution in [0.4, 0.5) is 5.69 Å². The molecule has 1 aromatic carbocycles. The second kappa shape index (κ2) is 17.7. The highest BCUT2D eigenvalue weighted by molar-refractivity contribution is 6.00. The number of unbranched alkanes of at least 4 members (excludes halogenated alkanes) is 2. The number of hydrogen-bond acceptors (Lipinski definition) is 8. The van der Waals surface area contributed by atoms with Gasteiger partial charge in [0.15, 0.2) is 0 Å². The van der Waals surface area contributed by atoms with Gasteiger partial charge in [-0.2, -0.15) is 0 Å². The number of allylic oxidation sites excluding steroid dienone is 5. The fraction of sp³-hybridized carbons (Fsp3) is 0.448. The summed E-state index contributed by atoms with van der Waals surface area (Å²) in [7, 11) is 0. The van der Waals surface area contributed by atoms with Crippen LogP contribution < -0.4 is 5.32 Å². The van der Waals surface area contributed by atoms with E-state index in [-0.39, 0.29) is 30.0 Å². The van der Waals surface area contributed by atoms with Gasteiger partial charge < -0.3 is 19.9 Å². The average molecular weight is 529 g/mol. The number of non-ortho nitro benzene ring substituents is 1. The molecule has 38 heavy (non-hydrogen) atoms. The van der Waals surface area contributed by atoms with Crippen molar-refractivity contribution >= 4 is 17.6 Å². The first-order valence-corrected chi connectivity index (χ1v) is 12.9. The van der Waals surface area contributed by atoms with E-state index in [9.17, 15) is 19.7 Å². The zero-order chi connectivity index (χ0) is 28.5. The van der Waals surface area contributed by atoms with E-state index in [4.69, 9.17) is 14.6 Å². The van der Waals surface area contributed by atoms with Crippen molar-refractivity contribution in [2.75, 3.05) is 19.8 Å². The van der Waals surface area contributed by atoms with Crippen molar-refractivity contribution in [2.24, 2.45) is 0 Å².